The zero-order chi connectivity index (χ0) is 12.8. The molecule has 2 rings (SSSR count). The van der Waals surface area contributed by atoms with Crippen molar-refractivity contribution >= 4 is 5.97 Å². The van der Waals surface area contributed by atoms with Gasteiger partial charge in [0, 0.05) is 17.8 Å². The van der Waals surface area contributed by atoms with Gasteiger partial charge in [0.25, 0.3) is 0 Å². The first kappa shape index (κ1) is 12.6. The van der Waals surface area contributed by atoms with Gasteiger partial charge >= 0.3 is 5.97 Å². The van der Waals surface area contributed by atoms with Crippen LogP contribution in [0.1, 0.15) is 24.8 Å². The lowest BCUT2D eigenvalue weighted by Gasteiger charge is -2.16. The van der Waals surface area contributed by atoms with Crippen molar-refractivity contribution in [1.29, 1.82) is 0 Å². The topological polar surface area (TPSA) is 48.4 Å². The summed E-state index contributed by atoms with van der Waals surface area (Å²) in [4.78, 5) is 15.9. The van der Waals surface area contributed by atoms with Gasteiger partial charge in [-0.3, -0.25) is 4.79 Å². The molecule has 0 aromatic carbocycles. The molecule has 0 amide bonds. The Morgan fingerprint density at radius 1 is 1.44 bits per heavy atom. The van der Waals surface area contributed by atoms with Crippen LogP contribution in [0.15, 0.2) is 30.5 Å². The van der Waals surface area contributed by atoms with Crippen LogP contribution in [0.3, 0.4) is 0 Å². The highest BCUT2D eigenvalue weighted by Gasteiger charge is 2.19. The summed E-state index contributed by atoms with van der Waals surface area (Å²) < 4.78 is 10.3. The molecule has 0 aliphatic heterocycles. The van der Waals surface area contributed by atoms with Crippen molar-refractivity contribution in [3.05, 3.63) is 36.0 Å². The van der Waals surface area contributed by atoms with Gasteiger partial charge in [-0.1, -0.05) is 12.2 Å². The van der Waals surface area contributed by atoms with Gasteiger partial charge in [0.15, 0.2) is 0 Å². The SMILES string of the molecule is COc1ccc(COC(=O)[C@@H]2CC=CCC2)cn1. The van der Waals surface area contributed by atoms with Crippen LogP contribution in [0.25, 0.3) is 0 Å². The molecule has 96 valence electrons. The van der Waals surface area contributed by atoms with Gasteiger partial charge in [0.05, 0.1) is 13.0 Å². The first-order chi connectivity index (χ1) is 8.79. The standard InChI is InChI=1S/C14H17NO3/c1-17-13-8-7-11(9-15-13)10-18-14(16)12-5-3-2-4-6-12/h2-3,7-9,12H,4-6,10H2,1H3/t12-/m1/s1. The Morgan fingerprint density at radius 3 is 2.94 bits per heavy atom. The first-order valence-electron chi connectivity index (χ1n) is 6.10. The molecule has 0 unspecified atom stereocenters. The molecule has 0 saturated carbocycles. The average Bonchev–Trinajstić information content (AvgIpc) is 2.46. The van der Waals surface area contributed by atoms with Gasteiger partial charge < -0.3 is 9.47 Å². The van der Waals surface area contributed by atoms with Gasteiger partial charge in [0.2, 0.25) is 5.88 Å². The molecule has 18 heavy (non-hydrogen) atoms. The minimum Gasteiger partial charge on any atom is -0.481 e. The monoisotopic (exact) mass is 247 g/mol. The summed E-state index contributed by atoms with van der Waals surface area (Å²) in [5.41, 5.74) is 0.871. The second-order valence-corrected chi connectivity index (χ2v) is 4.30. The summed E-state index contributed by atoms with van der Waals surface area (Å²) in [7, 11) is 1.57. The zero-order valence-electron chi connectivity index (χ0n) is 10.5. The van der Waals surface area contributed by atoms with Crippen LogP contribution in [0.2, 0.25) is 0 Å². The number of hydrogen-bond donors (Lipinski definition) is 0. The maximum atomic E-state index is 11.8. The maximum Gasteiger partial charge on any atom is 0.309 e. The van der Waals surface area contributed by atoms with E-state index in [1.165, 1.54) is 0 Å². The quantitative estimate of drug-likeness (QED) is 0.606. The van der Waals surface area contributed by atoms with E-state index in [0.717, 1.165) is 24.8 Å². The van der Waals surface area contributed by atoms with Crippen molar-refractivity contribution in [2.75, 3.05) is 7.11 Å². The van der Waals surface area contributed by atoms with E-state index in [1.54, 1.807) is 19.4 Å². The Hall–Kier alpha value is -1.84. The molecule has 0 spiro atoms. The fourth-order valence-corrected chi connectivity index (χ4v) is 1.90. The Balaban J connectivity index is 1.82. The summed E-state index contributed by atoms with van der Waals surface area (Å²) in [6, 6.07) is 3.60. The number of rotatable bonds is 4. The number of esters is 1. The van der Waals surface area contributed by atoms with Crippen LogP contribution >= 0.6 is 0 Å². The molecule has 1 aliphatic carbocycles. The molecule has 0 bridgehead atoms. The van der Waals surface area contributed by atoms with E-state index in [4.69, 9.17) is 9.47 Å². The zero-order valence-corrected chi connectivity index (χ0v) is 10.5. The highest BCUT2D eigenvalue weighted by molar-refractivity contribution is 5.72. The molecule has 0 saturated heterocycles. The number of aromatic nitrogens is 1. The second kappa shape index (κ2) is 6.19. The largest absolute Gasteiger partial charge is 0.481 e. The summed E-state index contributed by atoms with van der Waals surface area (Å²) in [5.74, 6) is 0.457. The number of ether oxygens (including phenoxy) is 2. The smallest absolute Gasteiger partial charge is 0.309 e. The van der Waals surface area contributed by atoms with Crippen LogP contribution < -0.4 is 4.74 Å². The Morgan fingerprint density at radius 2 is 2.33 bits per heavy atom. The minimum absolute atomic E-state index is 0.0150. The summed E-state index contributed by atoms with van der Waals surface area (Å²) in [6.07, 6.45) is 8.45. The summed E-state index contributed by atoms with van der Waals surface area (Å²) in [6.45, 7) is 0.274. The third-order valence-electron chi connectivity index (χ3n) is 2.99. The van der Waals surface area contributed by atoms with Crippen LogP contribution in [0, 0.1) is 5.92 Å². The maximum absolute atomic E-state index is 11.8. The van der Waals surface area contributed by atoms with Gasteiger partial charge in [-0.2, -0.15) is 0 Å². The average molecular weight is 247 g/mol. The van der Waals surface area contributed by atoms with Gasteiger partial charge in [-0.15, -0.1) is 0 Å². The number of methoxy groups -OCH3 is 1. The minimum atomic E-state index is -0.116. The molecule has 1 heterocycles. The molecule has 1 atom stereocenters. The molecular formula is C14H17NO3. The highest BCUT2D eigenvalue weighted by Crippen LogP contribution is 2.20. The van der Waals surface area contributed by atoms with E-state index < -0.39 is 0 Å². The predicted molar refractivity (Wildman–Crippen MR) is 67.1 cm³/mol. The first-order valence-corrected chi connectivity index (χ1v) is 6.10. The summed E-state index contributed by atoms with van der Waals surface area (Å²) >= 11 is 0. The van der Waals surface area contributed by atoms with E-state index in [1.807, 2.05) is 12.1 Å². The third-order valence-corrected chi connectivity index (χ3v) is 2.99. The Kier molecular flexibility index (Phi) is 4.34. The number of carbonyl (C=O) groups is 1. The summed E-state index contributed by atoms with van der Waals surface area (Å²) in [5, 5.41) is 0. The molecule has 4 heteroatoms. The van der Waals surface area contributed by atoms with Crippen LogP contribution in [-0.2, 0) is 16.1 Å². The lowest BCUT2D eigenvalue weighted by Crippen LogP contribution is -2.18. The fourth-order valence-electron chi connectivity index (χ4n) is 1.90. The van der Waals surface area contributed by atoms with E-state index in [9.17, 15) is 4.79 Å². The molecule has 0 radical (unpaired) electrons. The van der Waals surface area contributed by atoms with E-state index in [2.05, 4.69) is 11.1 Å². The third kappa shape index (κ3) is 3.32. The Labute approximate surface area is 107 Å². The molecule has 1 aromatic heterocycles. The number of allylic oxidation sites excluding steroid dienone is 2. The number of hydrogen-bond acceptors (Lipinski definition) is 4. The highest BCUT2D eigenvalue weighted by atomic mass is 16.5. The second-order valence-electron chi connectivity index (χ2n) is 4.30. The predicted octanol–water partition coefficient (Wildman–Crippen LogP) is 2.49. The van der Waals surface area contributed by atoms with Crippen molar-refractivity contribution in [2.45, 2.75) is 25.9 Å². The number of pyridine rings is 1. The molecule has 1 aromatic rings. The molecule has 0 N–H and O–H groups in total. The van der Waals surface area contributed by atoms with Gasteiger partial charge in [0.1, 0.15) is 6.61 Å². The van der Waals surface area contributed by atoms with Crippen LogP contribution in [0.4, 0.5) is 0 Å². The van der Waals surface area contributed by atoms with Crippen molar-refractivity contribution < 1.29 is 14.3 Å². The van der Waals surface area contributed by atoms with Crippen LogP contribution in [-0.4, -0.2) is 18.1 Å². The molecule has 4 nitrogen and oxygen atoms in total. The Bertz CT molecular complexity index is 425. The van der Waals surface area contributed by atoms with Crippen molar-refractivity contribution in [1.82, 2.24) is 4.98 Å². The normalized spacial score (nSPS) is 18.4. The molecular weight excluding hydrogens is 230 g/mol. The lowest BCUT2D eigenvalue weighted by atomic mass is 9.95. The van der Waals surface area contributed by atoms with Crippen molar-refractivity contribution in [3.63, 3.8) is 0 Å². The lowest BCUT2D eigenvalue weighted by molar-refractivity contribution is -0.150. The number of carbonyl (C=O) groups excluding carboxylic acids is 1. The van der Waals surface area contributed by atoms with Crippen molar-refractivity contribution in [2.24, 2.45) is 5.92 Å². The van der Waals surface area contributed by atoms with Gasteiger partial charge in [-0.05, 0) is 25.3 Å². The van der Waals surface area contributed by atoms with E-state index >= 15 is 0 Å². The fraction of sp³-hybridized carbons (Fsp3) is 0.429. The van der Waals surface area contributed by atoms with E-state index in [-0.39, 0.29) is 18.5 Å². The molecule has 1 aliphatic rings. The van der Waals surface area contributed by atoms with Crippen LogP contribution in [0.5, 0.6) is 5.88 Å². The molecule has 0 fully saturated rings. The number of nitrogens with zero attached hydrogens (tertiary/aromatic N) is 1. The van der Waals surface area contributed by atoms with Crippen molar-refractivity contribution in [3.8, 4) is 5.88 Å². The van der Waals surface area contributed by atoms with Gasteiger partial charge in [-0.25, -0.2) is 4.98 Å². The van der Waals surface area contributed by atoms with E-state index in [0.29, 0.717) is 5.88 Å².